The van der Waals surface area contributed by atoms with E-state index in [9.17, 15) is 9.50 Å². The molecule has 4 heteroatoms. The van der Waals surface area contributed by atoms with E-state index in [1.807, 2.05) is 6.92 Å². The Hall–Kier alpha value is -1.13. The Morgan fingerprint density at radius 3 is 2.81 bits per heavy atom. The lowest BCUT2D eigenvalue weighted by atomic mass is 10.2. The van der Waals surface area contributed by atoms with Gasteiger partial charge in [0.15, 0.2) is 0 Å². The summed E-state index contributed by atoms with van der Waals surface area (Å²) in [6.45, 7) is 2.65. The van der Waals surface area contributed by atoms with Crippen LogP contribution in [0.1, 0.15) is 18.9 Å². The second kappa shape index (κ2) is 6.45. The van der Waals surface area contributed by atoms with Crippen LogP contribution in [0.5, 0.6) is 5.75 Å². The number of halogens is 1. The molecule has 1 atom stereocenters. The molecule has 0 aliphatic carbocycles. The first-order valence-corrected chi connectivity index (χ1v) is 5.40. The maximum Gasteiger partial charge on any atom is 0.127 e. The molecule has 16 heavy (non-hydrogen) atoms. The van der Waals surface area contributed by atoms with E-state index in [-0.39, 0.29) is 12.4 Å². The van der Waals surface area contributed by atoms with E-state index in [0.29, 0.717) is 18.7 Å². The molecular weight excluding hydrogens is 209 g/mol. The predicted octanol–water partition coefficient (Wildman–Crippen LogP) is 1.69. The van der Waals surface area contributed by atoms with E-state index >= 15 is 0 Å². The lowest BCUT2D eigenvalue weighted by Crippen LogP contribution is -2.16. The Bertz CT molecular complexity index is 331. The number of hydrogen-bond donors (Lipinski definition) is 2. The van der Waals surface area contributed by atoms with Crippen molar-refractivity contribution in [1.29, 1.82) is 0 Å². The van der Waals surface area contributed by atoms with Crippen molar-refractivity contribution in [2.75, 3.05) is 13.7 Å². The van der Waals surface area contributed by atoms with Gasteiger partial charge in [-0.25, -0.2) is 4.39 Å². The predicted molar refractivity (Wildman–Crippen MR) is 61.0 cm³/mol. The molecule has 0 aliphatic rings. The van der Waals surface area contributed by atoms with Gasteiger partial charge >= 0.3 is 0 Å². The van der Waals surface area contributed by atoms with Crippen LogP contribution in [0.15, 0.2) is 18.2 Å². The third-order valence-corrected chi connectivity index (χ3v) is 2.23. The number of aliphatic hydroxyl groups is 1. The van der Waals surface area contributed by atoms with Crippen molar-refractivity contribution in [3.8, 4) is 5.75 Å². The Morgan fingerprint density at radius 2 is 2.19 bits per heavy atom. The zero-order valence-electron chi connectivity index (χ0n) is 9.66. The molecule has 0 aromatic heterocycles. The molecule has 0 saturated carbocycles. The number of nitrogens with one attached hydrogen (secondary N) is 1. The smallest absolute Gasteiger partial charge is 0.127 e. The van der Waals surface area contributed by atoms with Gasteiger partial charge in [0.1, 0.15) is 18.2 Å². The topological polar surface area (TPSA) is 41.5 Å². The van der Waals surface area contributed by atoms with Gasteiger partial charge in [-0.2, -0.15) is 0 Å². The highest BCUT2D eigenvalue weighted by molar-refractivity contribution is 5.29. The average Bonchev–Trinajstić information content (AvgIpc) is 2.25. The van der Waals surface area contributed by atoms with Crippen LogP contribution in [-0.4, -0.2) is 24.9 Å². The molecule has 0 aliphatic heterocycles. The van der Waals surface area contributed by atoms with E-state index in [1.165, 1.54) is 12.1 Å². The summed E-state index contributed by atoms with van der Waals surface area (Å²) in [7, 11) is 1.80. The van der Waals surface area contributed by atoms with Crippen LogP contribution in [0.4, 0.5) is 4.39 Å². The lowest BCUT2D eigenvalue weighted by Gasteiger charge is -2.11. The third-order valence-electron chi connectivity index (χ3n) is 2.23. The van der Waals surface area contributed by atoms with Crippen molar-refractivity contribution in [3.05, 3.63) is 29.6 Å². The Balaban J connectivity index is 2.64. The van der Waals surface area contributed by atoms with Gasteiger partial charge in [-0.05, 0) is 31.2 Å². The first kappa shape index (κ1) is 12.9. The lowest BCUT2D eigenvalue weighted by molar-refractivity contribution is 0.104. The number of aliphatic hydroxyl groups excluding tert-OH is 1. The maximum atomic E-state index is 13.2. The highest BCUT2D eigenvalue weighted by atomic mass is 19.1. The number of ether oxygens (including phenoxy) is 1. The van der Waals surface area contributed by atoms with E-state index in [0.717, 1.165) is 5.56 Å². The summed E-state index contributed by atoms with van der Waals surface area (Å²) in [6, 6.07) is 4.54. The number of hydrogen-bond acceptors (Lipinski definition) is 3. The van der Waals surface area contributed by atoms with Crippen molar-refractivity contribution in [1.82, 2.24) is 5.32 Å². The monoisotopic (exact) mass is 227 g/mol. The zero-order valence-corrected chi connectivity index (χ0v) is 9.66. The molecule has 2 N–H and O–H groups in total. The quantitative estimate of drug-likeness (QED) is 0.777. The van der Waals surface area contributed by atoms with Gasteiger partial charge < -0.3 is 15.2 Å². The highest BCUT2D eigenvalue weighted by Crippen LogP contribution is 2.16. The van der Waals surface area contributed by atoms with Gasteiger partial charge in [-0.15, -0.1) is 0 Å². The molecule has 1 rings (SSSR count). The Kier molecular flexibility index (Phi) is 5.22. The fourth-order valence-corrected chi connectivity index (χ4v) is 1.32. The summed E-state index contributed by atoms with van der Waals surface area (Å²) in [5, 5.41) is 12.3. The number of rotatable bonds is 6. The van der Waals surface area contributed by atoms with Crippen molar-refractivity contribution in [2.24, 2.45) is 0 Å². The van der Waals surface area contributed by atoms with Crippen LogP contribution in [0.3, 0.4) is 0 Å². The summed E-state index contributed by atoms with van der Waals surface area (Å²) in [5.41, 5.74) is 0.823. The van der Waals surface area contributed by atoms with Crippen molar-refractivity contribution < 1.29 is 14.2 Å². The second-order valence-electron chi connectivity index (χ2n) is 3.70. The van der Waals surface area contributed by atoms with Crippen LogP contribution in [0.2, 0.25) is 0 Å². The summed E-state index contributed by atoms with van der Waals surface area (Å²) in [6.07, 6.45) is 0.120. The van der Waals surface area contributed by atoms with Crippen LogP contribution in [0, 0.1) is 5.82 Å². The van der Waals surface area contributed by atoms with Crippen LogP contribution >= 0.6 is 0 Å². The molecule has 0 bridgehead atoms. The van der Waals surface area contributed by atoms with E-state index < -0.39 is 6.10 Å². The van der Waals surface area contributed by atoms with E-state index in [2.05, 4.69) is 5.32 Å². The normalized spacial score (nSPS) is 12.5. The number of benzene rings is 1. The summed E-state index contributed by atoms with van der Waals surface area (Å²) in [4.78, 5) is 0. The minimum Gasteiger partial charge on any atom is -0.491 e. The van der Waals surface area contributed by atoms with Crippen molar-refractivity contribution in [3.63, 3.8) is 0 Å². The van der Waals surface area contributed by atoms with Gasteiger partial charge in [-0.1, -0.05) is 6.92 Å². The Morgan fingerprint density at radius 1 is 1.44 bits per heavy atom. The van der Waals surface area contributed by atoms with Crippen molar-refractivity contribution in [2.45, 2.75) is 26.0 Å². The molecule has 0 heterocycles. The zero-order chi connectivity index (χ0) is 12.0. The van der Waals surface area contributed by atoms with E-state index in [4.69, 9.17) is 4.74 Å². The van der Waals surface area contributed by atoms with Gasteiger partial charge in [0.05, 0.1) is 6.10 Å². The molecular formula is C12H18FNO2. The summed E-state index contributed by atoms with van der Waals surface area (Å²) in [5.74, 6) is 0.131. The Labute approximate surface area is 95.2 Å². The fraction of sp³-hybridized carbons (Fsp3) is 0.500. The summed E-state index contributed by atoms with van der Waals surface area (Å²) >= 11 is 0. The standard InChI is InChI=1S/C12H18FNO2/c1-3-11(15)8-16-12-5-9(7-14-2)4-10(13)6-12/h4-6,11,14-15H,3,7-8H2,1-2H3. The molecule has 1 aromatic carbocycles. The minimum absolute atomic E-state index is 0.193. The molecule has 0 fully saturated rings. The van der Waals surface area contributed by atoms with Crippen LogP contribution < -0.4 is 10.1 Å². The van der Waals surface area contributed by atoms with Crippen LogP contribution in [-0.2, 0) is 6.54 Å². The molecule has 90 valence electrons. The highest BCUT2D eigenvalue weighted by Gasteiger charge is 2.04. The second-order valence-corrected chi connectivity index (χ2v) is 3.70. The molecule has 0 amide bonds. The first-order valence-electron chi connectivity index (χ1n) is 5.40. The van der Waals surface area contributed by atoms with Gasteiger partial charge in [0.25, 0.3) is 0 Å². The van der Waals surface area contributed by atoms with E-state index in [1.54, 1.807) is 13.1 Å². The van der Waals surface area contributed by atoms with Gasteiger partial charge in [-0.3, -0.25) is 0 Å². The summed E-state index contributed by atoms with van der Waals surface area (Å²) < 4.78 is 18.5. The first-order chi connectivity index (χ1) is 7.65. The molecule has 0 spiro atoms. The third kappa shape index (κ3) is 4.16. The maximum absolute atomic E-state index is 13.2. The molecule has 0 radical (unpaired) electrons. The largest absolute Gasteiger partial charge is 0.491 e. The van der Waals surface area contributed by atoms with Crippen molar-refractivity contribution >= 4 is 0 Å². The average molecular weight is 227 g/mol. The fourth-order valence-electron chi connectivity index (χ4n) is 1.32. The molecule has 1 unspecified atom stereocenters. The van der Waals surface area contributed by atoms with Gasteiger partial charge in [0, 0.05) is 12.6 Å². The van der Waals surface area contributed by atoms with Gasteiger partial charge in [0.2, 0.25) is 0 Å². The molecule has 1 aromatic rings. The minimum atomic E-state index is -0.504. The SMILES string of the molecule is CCC(O)COc1cc(F)cc(CNC)c1. The van der Waals surface area contributed by atoms with Crippen LogP contribution in [0.25, 0.3) is 0 Å². The molecule has 0 saturated heterocycles. The molecule has 3 nitrogen and oxygen atoms in total.